The summed E-state index contributed by atoms with van der Waals surface area (Å²) in [5.41, 5.74) is 1.30. The van der Waals surface area contributed by atoms with E-state index in [2.05, 4.69) is 15.3 Å². The zero-order valence-electron chi connectivity index (χ0n) is 12.6. The Hall–Kier alpha value is -2.86. The van der Waals surface area contributed by atoms with Crippen molar-refractivity contribution in [1.82, 2.24) is 9.97 Å². The molecule has 4 aromatic rings. The summed E-state index contributed by atoms with van der Waals surface area (Å²) in [6.45, 7) is 2.59. The number of nitrogens with zero attached hydrogens (tertiary/aromatic N) is 1. The summed E-state index contributed by atoms with van der Waals surface area (Å²) in [6, 6.07) is 11.5. The third kappa shape index (κ3) is 2.43. The van der Waals surface area contributed by atoms with Crippen LogP contribution in [0.1, 0.15) is 24.6 Å². The highest BCUT2D eigenvalue weighted by Crippen LogP contribution is 2.24. The van der Waals surface area contributed by atoms with Crippen LogP contribution in [0.5, 0.6) is 0 Å². The number of aromatic nitrogens is 2. The van der Waals surface area contributed by atoms with Gasteiger partial charge in [0.05, 0.1) is 6.26 Å². The van der Waals surface area contributed by atoms with Crippen molar-refractivity contribution in [3.05, 3.63) is 64.6 Å². The van der Waals surface area contributed by atoms with E-state index in [-0.39, 0.29) is 17.2 Å². The van der Waals surface area contributed by atoms with E-state index < -0.39 is 0 Å². The molecule has 0 saturated carbocycles. The van der Waals surface area contributed by atoms with E-state index in [1.807, 2.05) is 43.3 Å². The van der Waals surface area contributed by atoms with E-state index in [0.717, 1.165) is 11.1 Å². The molecule has 0 aliphatic heterocycles. The largest absolute Gasteiger partial charge is 0.463 e. The first-order valence-corrected chi connectivity index (χ1v) is 7.49. The molecule has 0 saturated heterocycles. The van der Waals surface area contributed by atoms with Crippen LogP contribution >= 0.6 is 0 Å². The Morgan fingerprint density at radius 1 is 1.26 bits per heavy atom. The predicted molar refractivity (Wildman–Crippen MR) is 84.9 cm³/mol. The van der Waals surface area contributed by atoms with Crippen LogP contribution in [-0.4, -0.2) is 9.97 Å². The highest BCUT2D eigenvalue weighted by Gasteiger charge is 2.15. The summed E-state index contributed by atoms with van der Waals surface area (Å²) in [5.74, 6) is 1.51. The Labute approximate surface area is 131 Å². The van der Waals surface area contributed by atoms with Crippen LogP contribution < -0.4 is 10.9 Å². The second-order valence-electron chi connectivity index (χ2n) is 5.53. The number of nitrogens with two attached hydrogens (primary N) is 1. The molecule has 3 N–H and O–H groups in total. The van der Waals surface area contributed by atoms with Crippen molar-refractivity contribution in [2.24, 2.45) is 0 Å². The third-order valence-electron chi connectivity index (χ3n) is 3.94. The van der Waals surface area contributed by atoms with Crippen LogP contribution in [0, 0.1) is 0 Å². The Kier molecular flexibility index (Phi) is 3.24. The average Bonchev–Trinajstić information content (AvgIpc) is 3.21. The van der Waals surface area contributed by atoms with Gasteiger partial charge in [0.1, 0.15) is 23.7 Å². The fourth-order valence-electron chi connectivity index (χ4n) is 2.70. The number of H-pyrrole nitrogens is 1. The summed E-state index contributed by atoms with van der Waals surface area (Å²) >= 11 is 0. The lowest BCUT2D eigenvalue weighted by Crippen LogP contribution is -2.83. The van der Waals surface area contributed by atoms with Gasteiger partial charge in [0.2, 0.25) is 5.58 Å². The maximum atomic E-state index is 12.2. The number of hydrogen-bond donors (Lipinski definition) is 2. The molecule has 1 aromatic carbocycles. The highest BCUT2D eigenvalue weighted by molar-refractivity contribution is 6.01. The monoisotopic (exact) mass is 310 g/mol. The highest BCUT2D eigenvalue weighted by atomic mass is 16.3. The maximum Gasteiger partial charge on any atom is 0.294 e. The quantitative estimate of drug-likeness (QED) is 0.604. The zero-order valence-corrected chi connectivity index (χ0v) is 12.6. The second kappa shape index (κ2) is 5.40. The molecule has 3 heterocycles. The number of fused-ring (bicyclic) bond motifs is 3. The molecule has 0 radical (unpaired) electrons. The molecule has 1 atom stereocenters. The van der Waals surface area contributed by atoms with Crippen molar-refractivity contribution in [3.63, 3.8) is 0 Å². The summed E-state index contributed by atoms with van der Waals surface area (Å²) in [5, 5.41) is 2.92. The molecule has 4 rings (SSSR count). The fourth-order valence-corrected chi connectivity index (χ4v) is 2.70. The maximum absolute atomic E-state index is 12.2. The molecule has 6 nitrogen and oxygen atoms in total. The Morgan fingerprint density at radius 2 is 2.13 bits per heavy atom. The lowest BCUT2D eigenvalue weighted by molar-refractivity contribution is -0.710. The first kappa shape index (κ1) is 13.8. The van der Waals surface area contributed by atoms with Gasteiger partial charge in [0, 0.05) is 5.39 Å². The SMILES string of the molecule is C[C@@H]([NH2+]Cc1nc2c(oc3ccccc32)c(=O)[nH]1)c1ccco1. The van der Waals surface area contributed by atoms with E-state index in [1.165, 1.54) is 0 Å². The normalized spacial score (nSPS) is 12.9. The van der Waals surface area contributed by atoms with Crippen molar-refractivity contribution in [3.8, 4) is 0 Å². The summed E-state index contributed by atoms with van der Waals surface area (Å²) < 4.78 is 11.0. The molecule has 23 heavy (non-hydrogen) atoms. The van der Waals surface area contributed by atoms with Crippen LogP contribution in [0.4, 0.5) is 0 Å². The molecular weight excluding hydrogens is 294 g/mol. The molecule has 0 aliphatic carbocycles. The van der Waals surface area contributed by atoms with Crippen LogP contribution in [0.15, 0.2) is 56.3 Å². The second-order valence-corrected chi connectivity index (χ2v) is 5.53. The van der Waals surface area contributed by atoms with E-state index in [9.17, 15) is 4.79 Å². The van der Waals surface area contributed by atoms with Crippen LogP contribution in [0.3, 0.4) is 0 Å². The van der Waals surface area contributed by atoms with Gasteiger partial charge < -0.3 is 19.1 Å². The minimum absolute atomic E-state index is 0.145. The van der Waals surface area contributed by atoms with Crippen molar-refractivity contribution in [2.75, 3.05) is 0 Å². The number of furan rings is 2. The van der Waals surface area contributed by atoms with Crippen LogP contribution in [0.25, 0.3) is 22.1 Å². The first-order chi connectivity index (χ1) is 11.2. The van der Waals surface area contributed by atoms with E-state index in [0.29, 0.717) is 23.5 Å². The molecule has 116 valence electrons. The number of rotatable bonds is 4. The molecular formula is C17H16N3O3+. The molecule has 0 fully saturated rings. The molecule has 0 spiro atoms. The predicted octanol–water partition coefficient (Wildman–Crippen LogP) is 2.09. The summed E-state index contributed by atoms with van der Waals surface area (Å²) in [7, 11) is 0. The van der Waals surface area contributed by atoms with Gasteiger partial charge in [-0.2, -0.15) is 0 Å². The van der Waals surface area contributed by atoms with Crippen molar-refractivity contribution < 1.29 is 14.2 Å². The fraction of sp³-hybridized carbons (Fsp3) is 0.176. The first-order valence-electron chi connectivity index (χ1n) is 7.49. The Morgan fingerprint density at radius 3 is 2.96 bits per heavy atom. The number of para-hydroxylation sites is 1. The topological polar surface area (TPSA) is 88.6 Å². The lowest BCUT2D eigenvalue weighted by Gasteiger charge is -2.07. The Bertz CT molecular complexity index is 1010. The van der Waals surface area contributed by atoms with Gasteiger partial charge in [0.25, 0.3) is 5.56 Å². The van der Waals surface area contributed by atoms with Crippen LogP contribution in [-0.2, 0) is 6.54 Å². The van der Waals surface area contributed by atoms with E-state index >= 15 is 0 Å². The van der Waals surface area contributed by atoms with Crippen LogP contribution in [0.2, 0.25) is 0 Å². The number of hydrogen-bond acceptors (Lipinski definition) is 4. The van der Waals surface area contributed by atoms with E-state index in [4.69, 9.17) is 8.83 Å². The smallest absolute Gasteiger partial charge is 0.294 e. The molecule has 0 bridgehead atoms. The zero-order chi connectivity index (χ0) is 15.8. The van der Waals surface area contributed by atoms with Gasteiger partial charge in [-0.25, -0.2) is 4.98 Å². The molecule has 3 aromatic heterocycles. The number of nitrogens with one attached hydrogen (secondary N) is 1. The minimum atomic E-state index is -0.250. The molecule has 0 amide bonds. The van der Waals surface area contributed by atoms with Gasteiger partial charge in [-0.3, -0.25) is 4.79 Å². The molecule has 0 aliphatic rings. The van der Waals surface area contributed by atoms with Gasteiger partial charge in [-0.1, -0.05) is 12.1 Å². The number of aromatic amines is 1. The number of quaternary nitrogens is 1. The van der Waals surface area contributed by atoms with Crippen molar-refractivity contribution in [1.29, 1.82) is 0 Å². The van der Waals surface area contributed by atoms with E-state index in [1.54, 1.807) is 6.26 Å². The standard InChI is InChI=1S/C17H15N3O3/c1-10(12-7-4-8-22-12)18-9-14-19-15-11-5-2-3-6-13(11)23-16(15)17(21)20-14/h2-8,10,18H,9H2,1H3,(H,19,20,21)/p+1/t10-/m1/s1. The lowest BCUT2D eigenvalue weighted by atomic mass is 10.2. The minimum Gasteiger partial charge on any atom is -0.463 e. The summed E-state index contributed by atoms with van der Waals surface area (Å²) in [6.07, 6.45) is 1.66. The van der Waals surface area contributed by atoms with Gasteiger partial charge >= 0.3 is 0 Å². The molecule has 6 heteroatoms. The Balaban J connectivity index is 1.68. The van der Waals surface area contributed by atoms with Gasteiger partial charge in [-0.15, -0.1) is 0 Å². The number of benzene rings is 1. The van der Waals surface area contributed by atoms with Gasteiger partial charge in [-0.05, 0) is 31.2 Å². The summed E-state index contributed by atoms with van der Waals surface area (Å²) in [4.78, 5) is 19.6. The molecule has 0 unspecified atom stereocenters. The third-order valence-corrected chi connectivity index (χ3v) is 3.94. The van der Waals surface area contributed by atoms with Gasteiger partial charge in [0.15, 0.2) is 11.6 Å². The van der Waals surface area contributed by atoms with Crippen molar-refractivity contribution >= 4 is 22.1 Å². The van der Waals surface area contributed by atoms with Crippen molar-refractivity contribution in [2.45, 2.75) is 19.5 Å². The average molecular weight is 310 g/mol.